The second-order valence-corrected chi connectivity index (χ2v) is 8.25. The molecule has 0 bridgehead atoms. The van der Waals surface area contributed by atoms with Crippen LogP contribution in [-0.2, 0) is 17.8 Å². The molecule has 8 nitrogen and oxygen atoms in total. The van der Waals surface area contributed by atoms with Gasteiger partial charge in [-0.05, 0) is 71.8 Å². The van der Waals surface area contributed by atoms with Crippen LogP contribution in [0.25, 0.3) is 0 Å². The average molecular weight is 520 g/mol. The standard InChI is InChI=1S/C22H26BrN5O3S/c1-4-19-26-27-22(32)28(19)24-12-15-10-17(23)21(18(11-15)30-5-2)31-13-20(29)25-16-8-6-14(3)7-9-16/h6-11,24H,4-5,12-13H2,1-3H3,(H,25,29)(H,27,32). The van der Waals surface area contributed by atoms with E-state index < -0.39 is 0 Å². The lowest BCUT2D eigenvalue weighted by molar-refractivity contribution is -0.118. The Balaban J connectivity index is 1.69. The summed E-state index contributed by atoms with van der Waals surface area (Å²) in [6.07, 6.45) is 0.742. The van der Waals surface area contributed by atoms with Gasteiger partial charge in [-0.3, -0.25) is 9.89 Å². The maximum Gasteiger partial charge on any atom is 0.262 e. The number of hydrogen-bond donors (Lipinski definition) is 3. The third-order valence-electron chi connectivity index (χ3n) is 4.55. The fraction of sp³-hybridized carbons (Fsp3) is 0.318. The first-order valence-corrected chi connectivity index (χ1v) is 11.5. The van der Waals surface area contributed by atoms with E-state index in [2.05, 4.69) is 36.9 Å². The van der Waals surface area contributed by atoms with E-state index in [-0.39, 0.29) is 12.5 Å². The number of nitrogens with zero attached hydrogens (tertiary/aromatic N) is 2. The molecule has 3 N–H and O–H groups in total. The third-order valence-corrected chi connectivity index (χ3v) is 5.41. The molecule has 1 heterocycles. The highest BCUT2D eigenvalue weighted by molar-refractivity contribution is 9.10. The van der Waals surface area contributed by atoms with Crippen molar-refractivity contribution in [2.75, 3.05) is 24.0 Å². The molecular weight excluding hydrogens is 494 g/mol. The van der Waals surface area contributed by atoms with Crippen LogP contribution in [0.5, 0.6) is 11.5 Å². The molecule has 0 saturated carbocycles. The van der Waals surface area contributed by atoms with Gasteiger partial charge in [-0.15, -0.1) is 0 Å². The molecule has 0 aliphatic rings. The second-order valence-electron chi connectivity index (χ2n) is 7.01. The average Bonchev–Trinajstić information content (AvgIpc) is 3.13. The zero-order chi connectivity index (χ0) is 23.1. The lowest BCUT2D eigenvalue weighted by Crippen LogP contribution is -2.20. The van der Waals surface area contributed by atoms with Crippen molar-refractivity contribution in [3.63, 3.8) is 0 Å². The molecule has 3 aromatic rings. The molecular formula is C22H26BrN5O3S. The highest BCUT2D eigenvalue weighted by Gasteiger charge is 2.15. The van der Waals surface area contributed by atoms with Gasteiger partial charge in [0, 0.05) is 12.1 Å². The SMILES string of the molecule is CCOc1cc(CNn2c(CC)n[nH]c2=S)cc(Br)c1OCC(=O)Nc1ccc(C)cc1. The number of halogens is 1. The summed E-state index contributed by atoms with van der Waals surface area (Å²) in [5, 5.41) is 9.80. The van der Waals surface area contributed by atoms with E-state index in [9.17, 15) is 4.79 Å². The maximum atomic E-state index is 12.3. The summed E-state index contributed by atoms with van der Waals surface area (Å²) >= 11 is 8.81. The van der Waals surface area contributed by atoms with Crippen LogP contribution in [0, 0.1) is 11.7 Å². The van der Waals surface area contributed by atoms with Crippen molar-refractivity contribution >= 4 is 39.7 Å². The number of anilines is 1. The van der Waals surface area contributed by atoms with Gasteiger partial charge >= 0.3 is 0 Å². The van der Waals surface area contributed by atoms with Gasteiger partial charge in [-0.2, -0.15) is 5.10 Å². The molecule has 2 aromatic carbocycles. The van der Waals surface area contributed by atoms with Crippen LogP contribution in [0.1, 0.15) is 30.8 Å². The van der Waals surface area contributed by atoms with E-state index in [1.807, 2.05) is 57.2 Å². The summed E-state index contributed by atoms with van der Waals surface area (Å²) in [6.45, 7) is 6.70. The molecule has 1 aromatic heterocycles. The van der Waals surface area contributed by atoms with Crippen molar-refractivity contribution in [2.24, 2.45) is 0 Å². The van der Waals surface area contributed by atoms with E-state index in [4.69, 9.17) is 21.7 Å². The number of aryl methyl sites for hydroxylation is 2. The Hall–Kier alpha value is -2.85. The van der Waals surface area contributed by atoms with Crippen LogP contribution in [-0.4, -0.2) is 34.0 Å². The zero-order valence-corrected chi connectivity index (χ0v) is 20.6. The highest BCUT2D eigenvalue weighted by atomic mass is 79.9. The van der Waals surface area contributed by atoms with Gasteiger partial charge in [0.2, 0.25) is 4.77 Å². The number of rotatable bonds is 10. The molecule has 1 amide bonds. The lowest BCUT2D eigenvalue weighted by Gasteiger charge is -2.16. The van der Waals surface area contributed by atoms with Crippen LogP contribution in [0.15, 0.2) is 40.9 Å². The van der Waals surface area contributed by atoms with Crippen LogP contribution < -0.4 is 20.2 Å². The van der Waals surface area contributed by atoms with Crippen LogP contribution in [0.2, 0.25) is 0 Å². The van der Waals surface area contributed by atoms with Gasteiger partial charge in [0.1, 0.15) is 0 Å². The molecule has 0 atom stereocenters. The van der Waals surface area contributed by atoms with Gasteiger partial charge in [-0.25, -0.2) is 4.68 Å². The predicted octanol–water partition coefficient (Wildman–Crippen LogP) is 4.73. The van der Waals surface area contributed by atoms with Crippen molar-refractivity contribution in [1.82, 2.24) is 14.9 Å². The summed E-state index contributed by atoms with van der Waals surface area (Å²) < 4.78 is 14.5. The number of ether oxygens (including phenoxy) is 2. The molecule has 0 unspecified atom stereocenters. The molecule has 0 saturated heterocycles. The van der Waals surface area contributed by atoms with E-state index >= 15 is 0 Å². The Labute approximate surface area is 200 Å². The minimum atomic E-state index is -0.254. The number of nitrogens with one attached hydrogen (secondary N) is 3. The number of H-pyrrole nitrogens is 1. The molecule has 170 valence electrons. The number of amides is 1. The molecule has 0 spiro atoms. The first-order valence-electron chi connectivity index (χ1n) is 10.3. The molecule has 32 heavy (non-hydrogen) atoms. The number of carbonyl (C=O) groups is 1. The second kappa shape index (κ2) is 11.1. The van der Waals surface area contributed by atoms with E-state index in [0.29, 0.717) is 33.9 Å². The minimum Gasteiger partial charge on any atom is -0.490 e. The van der Waals surface area contributed by atoms with Crippen molar-refractivity contribution in [1.29, 1.82) is 0 Å². The minimum absolute atomic E-state index is 0.145. The predicted molar refractivity (Wildman–Crippen MR) is 130 cm³/mol. The highest BCUT2D eigenvalue weighted by Crippen LogP contribution is 2.37. The first kappa shape index (κ1) is 23.8. The smallest absolute Gasteiger partial charge is 0.262 e. The van der Waals surface area contributed by atoms with Gasteiger partial charge in [-0.1, -0.05) is 24.6 Å². The molecule has 0 fully saturated rings. The number of aromatic amines is 1. The number of hydrogen-bond acceptors (Lipinski definition) is 6. The summed E-state index contributed by atoms with van der Waals surface area (Å²) in [7, 11) is 0. The van der Waals surface area contributed by atoms with Gasteiger partial charge in [0.15, 0.2) is 23.9 Å². The topological polar surface area (TPSA) is 93.2 Å². The van der Waals surface area contributed by atoms with Crippen LogP contribution in [0.4, 0.5) is 5.69 Å². The molecule has 10 heteroatoms. The van der Waals surface area contributed by atoms with Crippen molar-refractivity contribution in [3.8, 4) is 11.5 Å². The van der Waals surface area contributed by atoms with E-state index in [0.717, 1.165) is 29.1 Å². The summed E-state index contributed by atoms with van der Waals surface area (Å²) in [5.41, 5.74) is 6.06. The lowest BCUT2D eigenvalue weighted by atomic mass is 10.2. The van der Waals surface area contributed by atoms with Crippen molar-refractivity contribution in [3.05, 3.63) is 62.6 Å². The number of benzene rings is 2. The number of aromatic nitrogens is 3. The van der Waals surface area contributed by atoms with Gasteiger partial charge < -0.3 is 20.2 Å². The summed E-state index contributed by atoms with van der Waals surface area (Å²) in [6, 6.07) is 11.4. The maximum absolute atomic E-state index is 12.3. The van der Waals surface area contributed by atoms with Gasteiger partial charge in [0.25, 0.3) is 5.91 Å². The molecule has 0 aliphatic carbocycles. The van der Waals surface area contributed by atoms with Crippen LogP contribution >= 0.6 is 28.1 Å². The number of carbonyl (C=O) groups excluding carboxylic acids is 1. The quantitative estimate of drug-likeness (QED) is 0.335. The third kappa shape index (κ3) is 6.10. The Bertz CT molecular complexity index is 1130. The molecule has 0 aliphatic heterocycles. The Morgan fingerprint density at radius 1 is 1.22 bits per heavy atom. The largest absolute Gasteiger partial charge is 0.490 e. The fourth-order valence-corrected chi connectivity index (χ4v) is 3.82. The fourth-order valence-electron chi connectivity index (χ4n) is 3.00. The Morgan fingerprint density at radius 2 is 1.97 bits per heavy atom. The molecule has 3 rings (SSSR count). The monoisotopic (exact) mass is 519 g/mol. The van der Waals surface area contributed by atoms with Crippen molar-refractivity contribution in [2.45, 2.75) is 33.7 Å². The zero-order valence-electron chi connectivity index (χ0n) is 18.2. The van der Waals surface area contributed by atoms with E-state index in [1.54, 1.807) is 4.68 Å². The summed E-state index contributed by atoms with van der Waals surface area (Å²) in [4.78, 5) is 12.3. The molecule has 0 radical (unpaired) electrons. The first-order chi connectivity index (χ1) is 15.4. The van der Waals surface area contributed by atoms with E-state index in [1.165, 1.54) is 0 Å². The van der Waals surface area contributed by atoms with Gasteiger partial charge in [0.05, 0.1) is 17.6 Å². The van der Waals surface area contributed by atoms with Crippen molar-refractivity contribution < 1.29 is 14.3 Å². The Morgan fingerprint density at radius 3 is 2.66 bits per heavy atom. The summed E-state index contributed by atoms with van der Waals surface area (Å²) in [5.74, 6) is 1.59. The normalized spacial score (nSPS) is 10.6. The Kier molecular flexibility index (Phi) is 8.29. The van der Waals surface area contributed by atoms with Crippen LogP contribution in [0.3, 0.4) is 0 Å².